The SMILES string of the molecule is CC(C)OC(=O)N=S1(=O)CCN(C[C@H](C)Nc2ccc(S(=O)(=O)NC(=O)c3ccc(N4CCN(CC5=C(c6ccc(Cl)cc6)CC(C)(C)CC5)CC4)cc3Oc3cnc4[nH]ccc4c3)cc2S(=O)(=O)C(F)(F)F)CC1. The van der Waals surface area contributed by atoms with Crippen LogP contribution >= 0.6 is 11.6 Å². The minimum Gasteiger partial charge on any atom is -0.455 e. The number of aromatic amines is 1. The highest BCUT2D eigenvalue weighted by atomic mass is 35.5. The Morgan fingerprint density at radius 3 is 2.31 bits per heavy atom. The molecule has 1 aliphatic carbocycles. The average molecular weight is 1120 g/mol. The van der Waals surface area contributed by atoms with Crippen LogP contribution in [-0.4, -0.2) is 134 Å². The number of fused-ring (bicyclic) bond motifs is 1. The van der Waals surface area contributed by atoms with Crippen molar-refractivity contribution in [3.05, 3.63) is 107 Å². The second kappa shape index (κ2) is 22.1. The number of nitrogens with one attached hydrogen (secondary N) is 3. The summed E-state index contributed by atoms with van der Waals surface area (Å²) in [5.41, 5.74) is -1.28. The van der Waals surface area contributed by atoms with Gasteiger partial charge >= 0.3 is 11.6 Å². The molecule has 5 aromatic rings. The van der Waals surface area contributed by atoms with Gasteiger partial charge in [-0.3, -0.25) is 14.6 Å². The molecule has 0 radical (unpaired) electrons. The molecule has 0 spiro atoms. The van der Waals surface area contributed by atoms with Crippen LogP contribution in [-0.2, 0) is 34.3 Å². The fourth-order valence-corrected chi connectivity index (χ4v) is 13.4. The number of aromatic nitrogens is 2. The number of nitrogens with zero attached hydrogens (tertiary/aromatic N) is 5. The lowest BCUT2D eigenvalue weighted by atomic mass is 9.72. The van der Waals surface area contributed by atoms with Crippen molar-refractivity contribution < 1.29 is 53.3 Å². The Balaban J connectivity index is 1.00. The van der Waals surface area contributed by atoms with Crippen molar-refractivity contribution in [2.75, 3.05) is 74.1 Å². The lowest BCUT2D eigenvalue weighted by Crippen LogP contribution is -2.47. The van der Waals surface area contributed by atoms with Crippen molar-refractivity contribution in [1.29, 1.82) is 0 Å². The normalized spacial score (nSPS) is 18.2. The van der Waals surface area contributed by atoms with Gasteiger partial charge in [0.2, 0.25) is 0 Å². The van der Waals surface area contributed by atoms with Crippen LogP contribution in [0.2, 0.25) is 5.02 Å². The van der Waals surface area contributed by atoms with Gasteiger partial charge in [0, 0.05) is 98.3 Å². The number of carbonyl (C=O) groups is 2. The van der Waals surface area contributed by atoms with Crippen molar-refractivity contribution in [3.8, 4) is 11.5 Å². The summed E-state index contributed by atoms with van der Waals surface area (Å²) in [6.07, 6.45) is 4.74. The smallest absolute Gasteiger partial charge is 0.455 e. The molecule has 4 heterocycles. The van der Waals surface area contributed by atoms with E-state index in [1.165, 1.54) is 29.0 Å². The molecule has 17 nitrogen and oxygen atoms in total. The zero-order valence-electron chi connectivity index (χ0n) is 42.1. The quantitative estimate of drug-likeness (QED) is 0.0892. The first-order chi connectivity index (χ1) is 35.3. The number of ether oxygens (including phenoxy) is 2. The fourth-order valence-electron chi connectivity index (χ4n) is 9.44. The van der Waals surface area contributed by atoms with Gasteiger partial charge in [0.1, 0.15) is 22.0 Å². The van der Waals surface area contributed by atoms with Crippen LogP contribution in [0.4, 0.5) is 29.3 Å². The molecule has 0 bridgehead atoms. The number of allylic oxidation sites excluding steroid dienone is 1. The number of pyridine rings is 1. The molecule has 2 aliphatic heterocycles. The van der Waals surface area contributed by atoms with Crippen LogP contribution in [0.5, 0.6) is 11.5 Å². The van der Waals surface area contributed by atoms with Gasteiger partial charge in [-0.25, -0.2) is 35.5 Å². The van der Waals surface area contributed by atoms with Gasteiger partial charge in [0.05, 0.1) is 38.2 Å². The molecule has 0 saturated carbocycles. The van der Waals surface area contributed by atoms with E-state index in [1.54, 1.807) is 51.2 Å². The van der Waals surface area contributed by atoms with E-state index in [2.05, 4.69) is 55.4 Å². The summed E-state index contributed by atoms with van der Waals surface area (Å²) in [6.45, 7) is 13.4. The minimum absolute atomic E-state index is 0.0143. The third-order valence-corrected chi connectivity index (χ3v) is 18.6. The Labute approximate surface area is 440 Å². The first-order valence-corrected chi connectivity index (χ1v) is 29.6. The summed E-state index contributed by atoms with van der Waals surface area (Å²) in [5, 5.41) is 4.13. The van der Waals surface area contributed by atoms with E-state index in [-0.39, 0.29) is 53.6 Å². The minimum atomic E-state index is -6.17. The van der Waals surface area contributed by atoms with Gasteiger partial charge in [-0.15, -0.1) is 4.36 Å². The third kappa shape index (κ3) is 13.5. The number of amides is 2. The summed E-state index contributed by atoms with van der Waals surface area (Å²) in [4.78, 5) is 37.6. The molecule has 2 fully saturated rings. The Hall–Kier alpha value is -5.72. The maximum Gasteiger partial charge on any atom is 0.501 e. The third-order valence-electron chi connectivity index (χ3n) is 13.4. The predicted octanol–water partition coefficient (Wildman–Crippen LogP) is 9.34. The van der Waals surface area contributed by atoms with E-state index in [9.17, 15) is 43.8 Å². The van der Waals surface area contributed by atoms with Crippen LogP contribution in [0.3, 0.4) is 0 Å². The number of rotatable bonds is 15. The maximum atomic E-state index is 14.2. The number of carbonyl (C=O) groups excluding carboxylic acids is 2. The van der Waals surface area contributed by atoms with Gasteiger partial charge in [-0.2, -0.15) is 13.2 Å². The number of sulfone groups is 1. The second-order valence-corrected chi connectivity index (χ2v) is 26.7. The molecular weight excluding hydrogens is 1060 g/mol. The molecule has 24 heteroatoms. The number of halogens is 4. The van der Waals surface area contributed by atoms with Gasteiger partial charge in [-0.1, -0.05) is 43.2 Å². The number of piperazine rings is 1. The van der Waals surface area contributed by atoms with Crippen molar-refractivity contribution in [2.24, 2.45) is 9.78 Å². The summed E-state index contributed by atoms with van der Waals surface area (Å²) in [6, 6.07) is 17.5. The molecule has 2 aromatic heterocycles. The van der Waals surface area contributed by atoms with Gasteiger partial charge < -0.3 is 24.7 Å². The summed E-state index contributed by atoms with van der Waals surface area (Å²) in [5.74, 6) is -1.00. The van der Waals surface area contributed by atoms with Crippen LogP contribution in [0.1, 0.15) is 69.8 Å². The van der Waals surface area contributed by atoms with Gasteiger partial charge in [-0.05, 0) is 111 Å². The summed E-state index contributed by atoms with van der Waals surface area (Å²) >= 11 is 6.24. The number of hydrogen-bond acceptors (Lipinski definition) is 14. The molecule has 404 valence electrons. The van der Waals surface area contributed by atoms with Crippen molar-refractivity contribution in [2.45, 2.75) is 81.3 Å². The maximum absolute atomic E-state index is 14.2. The van der Waals surface area contributed by atoms with Crippen LogP contribution in [0, 0.1) is 5.41 Å². The van der Waals surface area contributed by atoms with E-state index >= 15 is 0 Å². The Morgan fingerprint density at radius 2 is 1.63 bits per heavy atom. The largest absolute Gasteiger partial charge is 0.501 e. The molecule has 3 aromatic carbocycles. The summed E-state index contributed by atoms with van der Waals surface area (Å²) in [7, 11) is -14.1. The number of alkyl halides is 3. The van der Waals surface area contributed by atoms with Gasteiger partial charge in [0.15, 0.2) is 0 Å². The summed E-state index contributed by atoms with van der Waals surface area (Å²) < 4.78 is 127. The van der Waals surface area contributed by atoms with Crippen LogP contribution in [0.25, 0.3) is 16.6 Å². The number of sulfonamides is 1. The standard InChI is InChI=1S/C51H60ClF3N8O9S3/c1-33(2)71-49(65)60-73(66)24-22-62(23-25-73)31-34(3)58-44-13-11-41(28-46(44)74(67,68)51(53,54)55)75(69,70)59-48(64)42-12-10-39(27-45(42)72-40-26-36-15-17-56-47(36)57-30-40)63-20-18-61(19-21-63)32-37-14-16-50(4,5)29-43(37)35-6-8-38(52)9-7-35/h6-13,15,17,26-28,30,33-34,58H,14,16,18-25,29,31-32H2,1-5H3,(H,56,57)(H,59,64)/t34-/m0/s1. The topological polar surface area (TPSA) is 213 Å². The highest BCUT2D eigenvalue weighted by molar-refractivity contribution is 7.94. The molecule has 3 N–H and O–H groups in total. The first-order valence-electron chi connectivity index (χ1n) is 24.4. The van der Waals surface area contributed by atoms with E-state index in [4.69, 9.17) is 21.1 Å². The molecule has 2 saturated heterocycles. The molecule has 3 aliphatic rings. The molecule has 75 heavy (non-hydrogen) atoms. The number of benzene rings is 3. The van der Waals surface area contributed by atoms with E-state index in [1.807, 2.05) is 21.8 Å². The average Bonchev–Trinajstić information content (AvgIpc) is 3.81. The Bertz CT molecular complexity index is 3340. The van der Waals surface area contributed by atoms with Gasteiger partial charge in [0.25, 0.3) is 25.8 Å². The van der Waals surface area contributed by atoms with E-state index in [0.29, 0.717) is 40.9 Å². The Kier molecular flexibility index (Phi) is 16.4. The molecule has 0 unspecified atom stereocenters. The molecule has 2 amide bonds. The van der Waals surface area contributed by atoms with E-state index in [0.717, 1.165) is 51.0 Å². The fraction of sp³-hybridized carbons (Fsp3) is 0.431. The second-order valence-electron chi connectivity index (χ2n) is 20.2. The zero-order valence-corrected chi connectivity index (χ0v) is 45.3. The van der Waals surface area contributed by atoms with Crippen LogP contribution in [0.15, 0.2) is 105 Å². The monoisotopic (exact) mass is 1120 g/mol. The first kappa shape index (κ1) is 55.5. The van der Waals surface area contributed by atoms with Crippen molar-refractivity contribution in [1.82, 2.24) is 24.5 Å². The zero-order chi connectivity index (χ0) is 54.1. The highest BCUT2D eigenvalue weighted by Gasteiger charge is 2.48. The van der Waals surface area contributed by atoms with E-state index < -0.39 is 74.7 Å². The van der Waals surface area contributed by atoms with Crippen molar-refractivity contribution >= 4 is 81.2 Å². The lowest BCUT2D eigenvalue weighted by molar-refractivity contribution is -0.0436. The predicted molar refractivity (Wildman–Crippen MR) is 283 cm³/mol. The highest BCUT2D eigenvalue weighted by Crippen LogP contribution is 2.44. The number of hydrogen-bond donors (Lipinski definition) is 3. The molecular formula is C51H60ClF3N8O9S3. The Morgan fingerprint density at radius 1 is 0.920 bits per heavy atom. The van der Waals surface area contributed by atoms with Crippen LogP contribution < -0.4 is 19.7 Å². The van der Waals surface area contributed by atoms with Crippen molar-refractivity contribution in [3.63, 3.8) is 0 Å². The lowest BCUT2D eigenvalue weighted by Gasteiger charge is -2.39. The number of anilines is 2. The molecule has 1 atom stereocenters. The number of H-pyrrole nitrogens is 1. The molecule has 8 rings (SSSR count).